The molecule has 2 aromatic heterocycles. The first-order chi connectivity index (χ1) is 17.2. The van der Waals surface area contributed by atoms with Gasteiger partial charge in [-0.05, 0) is 61.2 Å². The number of halogens is 1. The molecule has 2 aromatic carbocycles. The number of aromatic nitrogens is 3. The Bertz CT molecular complexity index is 1250. The van der Waals surface area contributed by atoms with E-state index in [-0.39, 0.29) is 12.0 Å². The van der Waals surface area contributed by atoms with Gasteiger partial charge >= 0.3 is 0 Å². The molecule has 7 heteroatoms. The van der Waals surface area contributed by atoms with Gasteiger partial charge in [-0.2, -0.15) is 0 Å². The first-order valence-corrected chi connectivity index (χ1v) is 13.2. The van der Waals surface area contributed by atoms with Crippen molar-refractivity contribution in [2.75, 3.05) is 32.6 Å². The van der Waals surface area contributed by atoms with E-state index in [4.69, 9.17) is 9.72 Å². The molecule has 1 fully saturated rings. The Balaban J connectivity index is 1.78. The average Bonchev–Trinajstić information content (AvgIpc) is 3.31. The zero-order chi connectivity index (χ0) is 24.2. The molecule has 5 nitrogen and oxygen atoms in total. The van der Waals surface area contributed by atoms with Crippen LogP contribution >= 0.6 is 11.8 Å². The maximum absolute atomic E-state index is 13.8. The summed E-state index contributed by atoms with van der Waals surface area (Å²) in [6.07, 6.45) is 6.70. The summed E-state index contributed by atoms with van der Waals surface area (Å²) >= 11 is 1.72. The Morgan fingerprint density at radius 1 is 0.914 bits per heavy atom. The maximum atomic E-state index is 13.8. The minimum absolute atomic E-state index is 0.0963. The first kappa shape index (κ1) is 23.7. The second-order valence-corrected chi connectivity index (χ2v) is 9.39. The molecule has 4 aromatic rings. The summed E-state index contributed by atoms with van der Waals surface area (Å²) in [6, 6.07) is 19.2. The fourth-order valence-electron chi connectivity index (χ4n) is 4.74. The SMILES string of the molecule is CCC(N1CCOCC1)n1c(-c2ccc(SC)cc2)nc(-c2ccc(F)cc2)c1-c1ccncc1. The highest BCUT2D eigenvalue weighted by molar-refractivity contribution is 7.98. The minimum Gasteiger partial charge on any atom is -0.379 e. The number of imidazole rings is 1. The monoisotopic (exact) mass is 488 g/mol. The number of ether oxygens (including phenoxy) is 1. The third kappa shape index (κ3) is 4.89. The largest absolute Gasteiger partial charge is 0.379 e. The van der Waals surface area contributed by atoms with Crippen LogP contribution in [0, 0.1) is 5.82 Å². The van der Waals surface area contributed by atoms with Crippen LogP contribution in [-0.2, 0) is 4.74 Å². The van der Waals surface area contributed by atoms with Crippen molar-refractivity contribution in [1.82, 2.24) is 19.4 Å². The lowest BCUT2D eigenvalue weighted by molar-refractivity contribution is -0.00182. The normalized spacial score (nSPS) is 15.3. The summed E-state index contributed by atoms with van der Waals surface area (Å²) in [6.45, 7) is 5.39. The molecule has 1 atom stereocenters. The van der Waals surface area contributed by atoms with Crippen LogP contribution in [0.2, 0.25) is 0 Å². The second kappa shape index (κ2) is 10.7. The van der Waals surface area contributed by atoms with Gasteiger partial charge in [-0.15, -0.1) is 11.8 Å². The number of hydrogen-bond donors (Lipinski definition) is 0. The van der Waals surface area contributed by atoms with Gasteiger partial charge in [0.1, 0.15) is 11.6 Å². The fourth-order valence-corrected chi connectivity index (χ4v) is 5.15. The van der Waals surface area contributed by atoms with E-state index in [0.29, 0.717) is 0 Å². The van der Waals surface area contributed by atoms with E-state index >= 15 is 0 Å². The van der Waals surface area contributed by atoms with Crippen molar-refractivity contribution in [3.8, 4) is 33.9 Å². The molecule has 1 unspecified atom stereocenters. The van der Waals surface area contributed by atoms with E-state index in [2.05, 4.69) is 51.9 Å². The lowest BCUT2D eigenvalue weighted by Crippen LogP contribution is -2.41. The number of benzene rings is 2. The fraction of sp³-hybridized carbons (Fsp3) is 0.286. The molecule has 0 aliphatic carbocycles. The van der Waals surface area contributed by atoms with Gasteiger partial charge in [-0.25, -0.2) is 9.37 Å². The smallest absolute Gasteiger partial charge is 0.142 e. The van der Waals surface area contributed by atoms with E-state index in [1.54, 1.807) is 11.8 Å². The van der Waals surface area contributed by atoms with Crippen molar-refractivity contribution >= 4 is 11.8 Å². The van der Waals surface area contributed by atoms with E-state index in [9.17, 15) is 4.39 Å². The lowest BCUT2D eigenvalue weighted by atomic mass is 10.0. The summed E-state index contributed by atoms with van der Waals surface area (Å²) in [5.41, 5.74) is 4.83. The second-order valence-electron chi connectivity index (χ2n) is 8.51. The zero-order valence-electron chi connectivity index (χ0n) is 20.0. The van der Waals surface area contributed by atoms with Crippen LogP contribution in [0.3, 0.4) is 0 Å². The molecule has 3 heterocycles. The van der Waals surface area contributed by atoms with Crippen molar-refractivity contribution in [3.05, 3.63) is 78.9 Å². The van der Waals surface area contributed by atoms with Crippen LogP contribution < -0.4 is 0 Å². The van der Waals surface area contributed by atoms with Gasteiger partial charge in [0.05, 0.1) is 30.8 Å². The molecule has 1 aliphatic heterocycles. The predicted molar refractivity (Wildman–Crippen MR) is 140 cm³/mol. The molecule has 35 heavy (non-hydrogen) atoms. The summed E-state index contributed by atoms with van der Waals surface area (Å²) in [5, 5.41) is 0. The van der Waals surface area contributed by atoms with Crippen molar-refractivity contribution in [3.63, 3.8) is 0 Å². The molecule has 0 saturated carbocycles. The Labute approximate surface area is 210 Å². The van der Waals surface area contributed by atoms with Gasteiger partial charge in [-0.1, -0.05) is 19.1 Å². The third-order valence-corrected chi connectivity index (χ3v) is 7.20. The number of pyridine rings is 1. The standard InChI is InChI=1S/C28H29FN4OS/c1-3-25(32-16-18-34-19-17-32)33-27(21-12-14-30-15-13-21)26(20-4-8-23(29)9-5-20)31-28(33)22-6-10-24(35-2)11-7-22/h4-15,25H,3,16-19H2,1-2H3. The molecular formula is C28H29FN4OS. The molecule has 1 saturated heterocycles. The Morgan fingerprint density at radius 3 is 2.20 bits per heavy atom. The highest BCUT2D eigenvalue weighted by Gasteiger charge is 2.29. The van der Waals surface area contributed by atoms with Crippen LogP contribution in [0.15, 0.2) is 78.0 Å². The van der Waals surface area contributed by atoms with Gasteiger partial charge in [0.2, 0.25) is 0 Å². The minimum atomic E-state index is -0.258. The Kier molecular flexibility index (Phi) is 7.27. The average molecular weight is 489 g/mol. The van der Waals surface area contributed by atoms with Crippen LogP contribution in [0.5, 0.6) is 0 Å². The van der Waals surface area contributed by atoms with Gasteiger partial charge in [0, 0.05) is 47.1 Å². The van der Waals surface area contributed by atoms with E-state index < -0.39 is 0 Å². The van der Waals surface area contributed by atoms with Crippen LogP contribution in [0.1, 0.15) is 19.5 Å². The lowest BCUT2D eigenvalue weighted by Gasteiger charge is -2.36. The maximum Gasteiger partial charge on any atom is 0.142 e. The molecule has 1 aliphatic rings. The summed E-state index contributed by atoms with van der Waals surface area (Å²) in [5.74, 6) is 0.647. The molecule has 0 amide bonds. The molecule has 0 bridgehead atoms. The number of morpholine rings is 1. The van der Waals surface area contributed by atoms with E-state index in [1.165, 1.54) is 17.0 Å². The zero-order valence-corrected chi connectivity index (χ0v) is 20.8. The van der Waals surface area contributed by atoms with Crippen LogP contribution in [0.4, 0.5) is 4.39 Å². The number of thioether (sulfide) groups is 1. The van der Waals surface area contributed by atoms with Gasteiger partial charge in [0.25, 0.3) is 0 Å². The Morgan fingerprint density at radius 2 is 1.57 bits per heavy atom. The highest BCUT2D eigenvalue weighted by atomic mass is 32.2. The molecule has 0 N–H and O–H groups in total. The molecule has 5 rings (SSSR count). The topological polar surface area (TPSA) is 43.2 Å². The number of hydrogen-bond acceptors (Lipinski definition) is 5. The third-order valence-electron chi connectivity index (χ3n) is 6.46. The number of rotatable bonds is 7. The predicted octanol–water partition coefficient (Wildman–Crippen LogP) is 6.38. The Hall–Kier alpha value is -3.00. The summed E-state index contributed by atoms with van der Waals surface area (Å²) in [4.78, 5) is 13.2. The first-order valence-electron chi connectivity index (χ1n) is 11.9. The van der Waals surface area contributed by atoms with Crippen LogP contribution in [-0.4, -0.2) is 52.0 Å². The van der Waals surface area contributed by atoms with Gasteiger partial charge in [-0.3, -0.25) is 9.88 Å². The summed E-state index contributed by atoms with van der Waals surface area (Å²) < 4.78 is 21.8. The molecule has 0 radical (unpaired) electrons. The molecule has 0 spiro atoms. The van der Waals surface area contributed by atoms with E-state index in [0.717, 1.165) is 66.6 Å². The van der Waals surface area contributed by atoms with Crippen molar-refractivity contribution in [2.24, 2.45) is 0 Å². The van der Waals surface area contributed by atoms with Gasteiger partial charge < -0.3 is 9.30 Å². The van der Waals surface area contributed by atoms with Crippen molar-refractivity contribution < 1.29 is 9.13 Å². The summed E-state index contributed by atoms with van der Waals surface area (Å²) in [7, 11) is 0. The van der Waals surface area contributed by atoms with Crippen molar-refractivity contribution in [2.45, 2.75) is 24.4 Å². The highest BCUT2D eigenvalue weighted by Crippen LogP contribution is 2.40. The molecule has 180 valence electrons. The quantitative estimate of drug-likeness (QED) is 0.282. The van der Waals surface area contributed by atoms with Crippen LogP contribution in [0.25, 0.3) is 33.9 Å². The van der Waals surface area contributed by atoms with E-state index in [1.807, 2.05) is 36.7 Å². The van der Waals surface area contributed by atoms with Crippen molar-refractivity contribution in [1.29, 1.82) is 0 Å². The number of nitrogens with zero attached hydrogens (tertiary/aromatic N) is 4. The van der Waals surface area contributed by atoms with Gasteiger partial charge in [0.15, 0.2) is 0 Å². The molecular weight excluding hydrogens is 459 g/mol.